The van der Waals surface area contributed by atoms with E-state index in [0.29, 0.717) is 21.7 Å². The molecule has 0 amide bonds. The molecule has 0 saturated carbocycles. The number of hydrogen-bond acceptors (Lipinski definition) is 5. The molecular formula is C18H15ClN2O2S. The van der Waals surface area contributed by atoms with E-state index in [2.05, 4.69) is 10.2 Å². The smallest absolute Gasteiger partial charge is 0.277 e. The minimum atomic E-state index is -0.314. The monoisotopic (exact) mass is 358 g/mol. The highest BCUT2D eigenvalue weighted by atomic mass is 35.5. The summed E-state index contributed by atoms with van der Waals surface area (Å²) in [6, 6.07) is 14.7. The van der Waals surface area contributed by atoms with E-state index in [1.165, 1.54) is 11.8 Å². The van der Waals surface area contributed by atoms with Crippen molar-refractivity contribution < 1.29 is 9.21 Å². The standard InChI is InChI=1S/C18H15ClN2O2S/c1-11-3-5-13(6-4-11)16(22)12(2)24-18-21-20-17(23-18)14-7-9-15(19)10-8-14/h3-10,12H,1-2H3/t12-/m1/s1. The van der Waals surface area contributed by atoms with Gasteiger partial charge in [0.1, 0.15) is 0 Å². The Morgan fingerprint density at radius 2 is 1.75 bits per heavy atom. The van der Waals surface area contributed by atoms with Gasteiger partial charge in [0, 0.05) is 16.1 Å². The van der Waals surface area contributed by atoms with Crippen molar-refractivity contribution in [3.63, 3.8) is 0 Å². The zero-order valence-corrected chi connectivity index (χ0v) is 14.8. The Hall–Kier alpha value is -2.11. The number of nitrogens with zero attached hydrogens (tertiary/aromatic N) is 2. The number of hydrogen-bond donors (Lipinski definition) is 0. The summed E-state index contributed by atoms with van der Waals surface area (Å²) in [6.45, 7) is 3.82. The lowest BCUT2D eigenvalue weighted by atomic mass is 10.1. The number of carbonyl (C=O) groups excluding carboxylic acids is 1. The van der Waals surface area contributed by atoms with Crippen LogP contribution >= 0.6 is 23.4 Å². The van der Waals surface area contributed by atoms with E-state index in [0.717, 1.165) is 11.1 Å². The average molecular weight is 359 g/mol. The molecule has 0 N–H and O–H groups in total. The van der Waals surface area contributed by atoms with E-state index < -0.39 is 0 Å². The highest BCUT2D eigenvalue weighted by Crippen LogP contribution is 2.28. The molecule has 0 radical (unpaired) electrons. The molecule has 0 aliphatic heterocycles. The number of halogens is 1. The Labute approximate surface area is 149 Å². The molecule has 122 valence electrons. The van der Waals surface area contributed by atoms with Crippen LogP contribution < -0.4 is 0 Å². The van der Waals surface area contributed by atoms with Gasteiger partial charge in [-0.25, -0.2) is 0 Å². The molecule has 2 aromatic carbocycles. The molecule has 0 spiro atoms. The van der Waals surface area contributed by atoms with Gasteiger partial charge in [-0.3, -0.25) is 4.79 Å². The van der Waals surface area contributed by atoms with Crippen molar-refractivity contribution in [2.45, 2.75) is 24.3 Å². The van der Waals surface area contributed by atoms with Crippen LogP contribution in [0.4, 0.5) is 0 Å². The highest BCUT2D eigenvalue weighted by Gasteiger charge is 2.20. The third-order valence-corrected chi connectivity index (χ3v) is 4.67. The Morgan fingerprint density at radius 1 is 1.08 bits per heavy atom. The summed E-state index contributed by atoms with van der Waals surface area (Å²) in [5, 5.41) is 8.73. The van der Waals surface area contributed by atoms with Crippen LogP contribution in [0.3, 0.4) is 0 Å². The predicted octanol–water partition coefficient (Wildman–Crippen LogP) is 5.06. The molecule has 0 saturated heterocycles. The van der Waals surface area contributed by atoms with Crippen LogP contribution in [0.15, 0.2) is 58.2 Å². The van der Waals surface area contributed by atoms with Crippen LogP contribution in [-0.2, 0) is 0 Å². The van der Waals surface area contributed by atoms with E-state index in [9.17, 15) is 4.79 Å². The van der Waals surface area contributed by atoms with Crippen molar-refractivity contribution in [2.24, 2.45) is 0 Å². The summed E-state index contributed by atoms with van der Waals surface area (Å²) in [5.74, 6) is 0.440. The minimum Gasteiger partial charge on any atom is -0.411 e. The van der Waals surface area contributed by atoms with Gasteiger partial charge < -0.3 is 4.42 Å². The number of ketones is 1. The van der Waals surface area contributed by atoms with Crippen LogP contribution in [0.1, 0.15) is 22.8 Å². The molecular weight excluding hydrogens is 344 g/mol. The van der Waals surface area contributed by atoms with Gasteiger partial charge >= 0.3 is 0 Å². The topological polar surface area (TPSA) is 56.0 Å². The zero-order chi connectivity index (χ0) is 17.1. The lowest BCUT2D eigenvalue weighted by Gasteiger charge is -2.07. The maximum atomic E-state index is 12.4. The second-order valence-electron chi connectivity index (χ2n) is 5.37. The molecule has 0 bridgehead atoms. The van der Waals surface area contributed by atoms with E-state index >= 15 is 0 Å². The molecule has 1 atom stereocenters. The van der Waals surface area contributed by atoms with Gasteiger partial charge in [-0.05, 0) is 38.1 Å². The van der Waals surface area contributed by atoms with E-state index in [-0.39, 0.29) is 11.0 Å². The predicted molar refractivity (Wildman–Crippen MR) is 95.6 cm³/mol. The van der Waals surface area contributed by atoms with Gasteiger partial charge in [-0.2, -0.15) is 0 Å². The number of thioether (sulfide) groups is 1. The molecule has 0 aliphatic carbocycles. The number of aromatic nitrogens is 2. The van der Waals surface area contributed by atoms with Crippen molar-refractivity contribution in [1.29, 1.82) is 0 Å². The first-order valence-electron chi connectivity index (χ1n) is 7.40. The molecule has 24 heavy (non-hydrogen) atoms. The molecule has 3 rings (SSSR count). The molecule has 0 aliphatic rings. The Kier molecular flexibility index (Phi) is 5.02. The van der Waals surface area contributed by atoms with Gasteiger partial charge in [-0.15, -0.1) is 10.2 Å². The van der Waals surface area contributed by atoms with Crippen molar-refractivity contribution in [2.75, 3.05) is 0 Å². The maximum absolute atomic E-state index is 12.4. The van der Waals surface area contributed by atoms with E-state index in [4.69, 9.17) is 16.0 Å². The quantitative estimate of drug-likeness (QED) is 0.471. The van der Waals surface area contributed by atoms with Crippen LogP contribution in [-0.4, -0.2) is 21.2 Å². The molecule has 4 nitrogen and oxygen atoms in total. The van der Waals surface area contributed by atoms with Gasteiger partial charge in [0.05, 0.1) is 5.25 Å². The largest absolute Gasteiger partial charge is 0.411 e. The van der Waals surface area contributed by atoms with E-state index in [1.54, 1.807) is 12.1 Å². The average Bonchev–Trinajstić information content (AvgIpc) is 3.04. The van der Waals surface area contributed by atoms with Gasteiger partial charge in [-0.1, -0.05) is 53.2 Å². The summed E-state index contributed by atoms with van der Waals surface area (Å²) in [5.41, 5.74) is 2.59. The normalized spacial score (nSPS) is 12.1. The second kappa shape index (κ2) is 7.20. The maximum Gasteiger partial charge on any atom is 0.277 e. The molecule has 6 heteroatoms. The molecule has 1 aromatic heterocycles. The third-order valence-electron chi connectivity index (χ3n) is 3.48. The zero-order valence-electron chi connectivity index (χ0n) is 13.2. The molecule has 3 aromatic rings. The fourth-order valence-corrected chi connectivity index (χ4v) is 3.01. The van der Waals surface area contributed by atoms with Crippen LogP contribution in [0, 0.1) is 6.92 Å². The Morgan fingerprint density at radius 3 is 2.42 bits per heavy atom. The summed E-state index contributed by atoms with van der Waals surface area (Å²) in [4.78, 5) is 12.4. The van der Waals surface area contributed by atoms with Crippen molar-refractivity contribution >= 4 is 29.1 Å². The molecule has 0 fully saturated rings. The van der Waals surface area contributed by atoms with Crippen molar-refractivity contribution in [1.82, 2.24) is 10.2 Å². The molecule has 1 heterocycles. The lowest BCUT2D eigenvalue weighted by Crippen LogP contribution is -2.13. The molecule has 0 unspecified atom stereocenters. The SMILES string of the molecule is Cc1ccc(C(=O)[C@@H](C)Sc2nnc(-c3ccc(Cl)cc3)o2)cc1. The fraction of sp³-hybridized carbons (Fsp3) is 0.167. The van der Waals surface area contributed by atoms with Crippen molar-refractivity contribution in [3.8, 4) is 11.5 Å². The summed E-state index contributed by atoms with van der Waals surface area (Å²) in [6.07, 6.45) is 0. The first kappa shape index (κ1) is 16.7. The number of aryl methyl sites for hydroxylation is 1. The highest BCUT2D eigenvalue weighted by molar-refractivity contribution is 8.00. The van der Waals surface area contributed by atoms with Crippen LogP contribution in [0.5, 0.6) is 0 Å². The summed E-state index contributed by atoms with van der Waals surface area (Å²) in [7, 11) is 0. The number of carbonyl (C=O) groups is 1. The number of rotatable bonds is 5. The van der Waals surface area contributed by atoms with Gasteiger partial charge in [0.2, 0.25) is 5.89 Å². The summed E-state index contributed by atoms with van der Waals surface area (Å²) < 4.78 is 5.63. The van der Waals surface area contributed by atoms with Crippen LogP contribution in [0.25, 0.3) is 11.5 Å². The summed E-state index contributed by atoms with van der Waals surface area (Å²) >= 11 is 7.12. The Balaban J connectivity index is 1.70. The van der Waals surface area contributed by atoms with Gasteiger partial charge in [0.25, 0.3) is 5.22 Å². The first-order valence-corrected chi connectivity index (χ1v) is 8.65. The Bertz CT molecular complexity index is 844. The third kappa shape index (κ3) is 3.86. The number of Topliss-reactive ketones (excluding diaryl/α,β-unsaturated/α-hetero) is 1. The van der Waals surface area contributed by atoms with E-state index in [1.807, 2.05) is 50.2 Å². The van der Waals surface area contributed by atoms with Crippen LogP contribution in [0.2, 0.25) is 5.02 Å². The number of benzene rings is 2. The van der Waals surface area contributed by atoms with Gasteiger partial charge in [0.15, 0.2) is 5.78 Å². The first-order chi connectivity index (χ1) is 11.5. The van der Waals surface area contributed by atoms with Crippen molar-refractivity contribution in [3.05, 3.63) is 64.7 Å². The second-order valence-corrected chi connectivity index (χ2v) is 7.10. The fourth-order valence-electron chi connectivity index (χ4n) is 2.12. The lowest BCUT2D eigenvalue weighted by molar-refractivity contribution is 0.0993. The minimum absolute atomic E-state index is 0.0336.